The lowest BCUT2D eigenvalue weighted by Gasteiger charge is -2.34. The lowest BCUT2D eigenvalue weighted by Crippen LogP contribution is -2.31. The van der Waals surface area contributed by atoms with Crippen molar-refractivity contribution in [1.82, 2.24) is 9.55 Å². The molecule has 2 aromatic heterocycles. The van der Waals surface area contributed by atoms with E-state index in [-0.39, 0.29) is 17.7 Å². The smallest absolute Gasteiger partial charge is 0.209 e. The fourth-order valence-electron chi connectivity index (χ4n) is 4.74. The Morgan fingerprint density at radius 1 is 1.00 bits per heavy atom. The van der Waals surface area contributed by atoms with E-state index in [2.05, 4.69) is 40.2 Å². The molecule has 31 heavy (non-hydrogen) atoms. The van der Waals surface area contributed by atoms with Crippen LogP contribution in [-0.4, -0.2) is 15.3 Å². The van der Waals surface area contributed by atoms with Gasteiger partial charge in [0, 0.05) is 23.6 Å². The average Bonchev–Trinajstić information content (AvgIpc) is 3.45. The van der Waals surface area contributed by atoms with Crippen LogP contribution >= 0.6 is 0 Å². The summed E-state index contributed by atoms with van der Waals surface area (Å²) in [6.07, 6.45) is 7.06. The number of anilines is 1. The maximum Gasteiger partial charge on any atom is 0.209 e. The molecule has 6 rings (SSSR count). The first kappa shape index (κ1) is 18.0. The van der Waals surface area contributed by atoms with E-state index < -0.39 is 0 Å². The number of hydrogen-bond acceptors (Lipinski definition) is 4. The Morgan fingerprint density at radius 3 is 2.68 bits per heavy atom. The quantitative estimate of drug-likeness (QED) is 0.473. The molecule has 0 saturated heterocycles. The Labute approximate surface area is 179 Å². The van der Waals surface area contributed by atoms with E-state index in [1.807, 2.05) is 48.5 Å². The summed E-state index contributed by atoms with van der Waals surface area (Å²) in [5.41, 5.74) is 4.80. The molecule has 2 unspecified atom stereocenters. The fourth-order valence-corrected chi connectivity index (χ4v) is 4.74. The van der Waals surface area contributed by atoms with E-state index >= 15 is 0 Å². The van der Waals surface area contributed by atoms with Crippen LogP contribution in [0.3, 0.4) is 0 Å². The minimum absolute atomic E-state index is 0.0448. The molecule has 5 heteroatoms. The Balaban J connectivity index is 1.48. The second kappa shape index (κ2) is 7.13. The van der Waals surface area contributed by atoms with E-state index in [0.717, 1.165) is 46.0 Å². The van der Waals surface area contributed by atoms with Crippen LogP contribution in [0.2, 0.25) is 0 Å². The second-order valence-electron chi connectivity index (χ2n) is 8.07. The van der Waals surface area contributed by atoms with Crippen molar-refractivity contribution in [2.75, 3.05) is 5.32 Å². The van der Waals surface area contributed by atoms with Gasteiger partial charge < -0.3 is 9.73 Å². The van der Waals surface area contributed by atoms with Crippen molar-refractivity contribution in [3.63, 3.8) is 0 Å². The first-order valence-corrected chi connectivity index (χ1v) is 10.5. The van der Waals surface area contributed by atoms with Gasteiger partial charge in [-0.2, -0.15) is 0 Å². The molecule has 1 aliphatic carbocycles. The molecular formula is C26H21N3O2. The van der Waals surface area contributed by atoms with Crippen LogP contribution in [0.4, 0.5) is 5.95 Å². The third-order valence-electron chi connectivity index (χ3n) is 6.16. The SMILES string of the molecule is O=C1CC(c2ccco2)CC2=C1C(/C=C/c1ccccc1)n1c(nc3ccccc31)N2. The predicted octanol–water partition coefficient (Wildman–Crippen LogP) is 5.71. The number of Topliss-reactive ketones (excluding diaryl/α,β-unsaturated/α-hetero) is 1. The van der Waals surface area contributed by atoms with Crippen LogP contribution in [0.15, 0.2) is 94.8 Å². The maximum atomic E-state index is 13.4. The number of rotatable bonds is 3. The molecule has 0 saturated carbocycles. The van der Waals surface area contributed by atoms with Gasteiger partial charge in [0.1, 0.15) is 5.76 Å². The Morgan fingerprint density at radius 2 is 1.84 bits per heavy atom. The highest BCUT2D eigenvalue weighted by Gasteiger charge is 2.38. The Bertz CT molecular complexity index is 1330. The molecule has 1 N–H and O–H groups in total. The number of ketones is 1. The molecule has 5 nitrogen and oxygen atoms in total. The highest BCUT2D eigenvalue weighted by molar-refractivity contribution is 6.00. The van der Waals surface area contributed by atoms with Gasteiger partial charge in [0.15, 0.2) is 5.78 Å². The summed E-state index contributed by atoms with van der Waals surface area (Å²) < 4.78 is 7.75. The number of nitrogens with one attached hydrogen (secondary N) is 1. The van der Waals surface area contributed by atoms with Gasteiger partial charge in [-0.25, -0.2) is 4.98 Å². The van der Waals surface area contributed by atoms with Gasteiger partial charge in [0.25, 0.3) is 0 Å². The number of hydrogen-bond donors (Lipinski definition) is 1. The number of nitrogens with zero attached hydrogens (tertiary/aromatic N) is 2. The molecule has 4 aromatic rings. The number of benzene rings is 2. The molecule has 0 amide bonds. The zero-order chi connectivity index (χ0) is 20.8. The Hall–Kier alpha value is -3.86. The normalized spacial score (nSPS) is 20.7. The molecule has 1 aliphatic heterocycles. The lowest BCUT2D eigenvalue weighted by molar-refractivity contribution is -0.116. The number of aromatic nitrogens is 2. The van der Waals surface area contributed by atoms with Gasteiger partial charge in [-0.1, -0.05) is 54.6 Å². The first-order chi connectivity index (χ1) is 15.3. The van der Waals surface area contributed by atoms with E-state index in [4.69, 9.17) is 9.40 Å². The number of imidazole rings is 1. The minimum atomic E-state index is -0.205. The van der Waals surface area contributed by atoms with Gasteiger partial charge in [-0.3, -0.25) is 9.36 Å². The highest BCUT2D eigenvalue weighted by Crippen LogP contribution is 2.44. The van der Waals surface area contributed by atoms with Crippen molar-refractivity contribution < 1.29 is 9.21 Å². The third kappa shape index (κ3) is 3.01. The van der Waals surface area contributed by atoms with Crippen LogP contribution in [0.5, 0.6) is 0 Å². The van der Waals surface area contributed by atoms with E-state index in [1.54, 1.807) is 6.26 Å². The molecule has 0 spiro atoms. The van der Waals surface area contributed by atoms with Gasteiger partial charge in [0.2, 0.25) is 5.95 Å². The summed E-state index contributed by atoms with van der Waals surface area (Å²) in [6, 6.07) is 21.9. The molecule has 3 heterocycles. The number of furan rings is 1. The summed E-state index contributed by atoms with van der Waals surface area (Å²) in [5, 5.41) is 3.47. The monoisotopic (exact) mass is 407 g/mol. The van der Waals surface area contributed by atoms with Crippen molar-refractivity contribution in [3.05, 3.63) is 102 Å². The van der Waals surface area contributed by atoms with Gasteiger partial charge >= 0.3 is 0 Å². The first-order valence-electron chi connectivity index (χ1n) is 10.5. The molecule has 0 fully saturated rings. The number of carbonyl (C=O) groups is 1. The summed E-state index contributed by atoms with van der Waals surface area (Å²) in [5.74, 6) is 1.83. The van der Waals surface area contributed by atoms with Crippen LogP contribution in [0, 0.1) is 0 Å². The molecule has 0 bridgehead atoms. The summed E-state index contributed by atoms with van der Waals surface area (Å²) in [4.78, 5) is 18.2. The van der Waals surface area contributed by atoms with Crippen molar-refractivity contribution in [2.24, 2.45) is 0 Å². The summed E-state index contributed by atoms with van der Waals surface area (Å²) >= 11 is 0. The van der Waals surface area contributed by atoms with Crippen LogP contribution in [0.25, 0.3) is 17.1 Å². The third-order valence-corrected chi connectivity index (χ3v) is 6.16. The zero-order valence-corrected chi connectivity index (χ0v) is 16.9. The van der Waals surface area contributed by atoms with Crippen molar-refractivity contribution >= 4 is 28.8 Å². The molecule has 2 aliphatic rings. The second-order valence-corrected chi connectivity index (χ2v) is 8.07. The topological polar surface area (TPSA) is 60.1 Å². The number of para-hydroxylation sites is 2. The van der Waals surface area contributed by atoms with Crippen LogP contribution in [-0.2, 0) is 4.79 Å². The largest absolute Gasteiger partial charge is 0.469 e. The van der Waals surface area contributed by atoms with Crippen molar-refractivity contribution in [3.8, 4) is 0 Å². The van der Waals surface area contributed by atoms with E-state index in [1.165, 1.54) is 0 Å². The van der Waals surface area contributed by atoms with E-state index in [0.29, 0.717) is 6.42 Å². The Kier molecular flexibility index (Phi) is 4.13. The number of carbonyl (C=O) groups excluding carboxylic acids is 1. The molecule has 152 valence electrons. The zero-order valence-electron chi connectivity index (χ0n) is 16.9. The average molecular weight is 407 g/mol. The molecule has 2 aromatic carbocycles. The van der Waals surface area contributed by atoms with Crippen LogP contribution < -0.4 is 5.32 Å². The van der Waals surface area contributed by atoms with E-state index in [9.17, 15) is 4.79 Å². The molecule has 2 atom stereocenters. The highest BCUT2D eigenvalue weighted by atomic mass is 16.3. The number of fused-ring (bicyclic) bond motifs is 3. The minimum Gasteiger partial charge on any atom is -0.469 e. The molecule has 0 radical (unpaired) electrons. The van der Waals surface area contributed by atoms with Gasteiger partial charge in [0.05, 0.1) is 23.3 Å². The van der Waals surface area contributed by atoms with Gasteiger partial charge in [-0.15, -0.1) is 0 Å². The standard InChI is InChI=1S/C26H21N3O2/c30-23-16-18(24-11-6-14-31-24)15-20-25(23)22(13-12-17-7-2-1-3-8-17)29-21-10-5-4-9-19(21)27-26(29)28-20/h1-14,18,22H,15-16H2,(H,27,28)/b13-12+. The maximum absolute atomic E-state index is 13.4. The summed E-state index contributed by atoms with van der Waals surface area (Å²) in [6.45, 7) is 0. The molecular weight excluding hydrogens is 386 g/mol. The fraction of sp³-hybridized carbons (Fsp3) is 0.154. The van der Waals surface area contributed by atoms with Crippen molar-refractivity contribution in [1.29, 1.82) is 0 Å². The number of allylic oxidation sites excluding steroid dienone is 3. The van der Waals surface area contributed by atoms with Crippen LogP contribution in [0.1, 0.15) is 36.1 Å². The summed E-state index contributed by atoms with van der Waals surface area (Å²) in [7, 11) is 0. The van der Waals surface area contributed by atoms with Crippen molar-refractivity contribution in [2.45, 2.75) is 24.8 Å². The predicted molar refractivity (Wildman–Crippen MR) is 121 cm³/mol. The van der Waals surface area contributed by atoms with Gasteiger partial charge in [-0.05, 0) is 36.2 Å². The lowest BCUT2D eigenvalue weighted by atomic mass is 9.81.